The molecule has 0 aromatic carbocycles. The van der Waals surface area contributed by atoms with Gasteiger partial charge in [0, 0.05) is 19.3 Å². The van der Waals surface area contributed by atoms with E-state index >= 15 is 0 Å². The molecular weight excluding hydrogens is 853 g/mol. The SMILES string of the molecule is CC/C=C\C/C=C\C/C=C\CCCCCCCC(=O)OC(COC(=O)CCCCCCCCCCC/C=C\C/C=C\CCCCCCC)COC(=O)CCCCCCCCCCCCCCCCC. The molecule has 0 spiro atoms. The Kier molecular flexibility index (Phi) is 55.3. The van der Waals surface area contributed by atoms with E-state index in [0.29, 0.717) is 19.3 Å². The maximum Gasteiger partial charge on any atom is 0.306 e. The molecule has 0 amide bonds. The number of unbranched alkanes of at least 4 members (excludes halogenated alkanes) is 33. The molecule has 0 aromatic heterocycles. The van der Waals surface area contributed by atoms with E-state index < -0.39 is 6.10 Å². The second kappa shape index (κ2) is 57.7. The fourth-order valence-electron chi connectivity index (χ4n) is 8.55. The van der Waals surface area contributed by atoms with Gasteiger partial charge in [0.1, 0.15) is 13.2 Å². The predicted molar refractivity (Wildman–Crippen MR) is 298 cm³/mol. The molecule has 0 heterocycles. The van der Waals surface area contributed by atoms with Gasteiger partial charge in [0.05, 0.1) is 0 Å². The number of allylic oxidation sites excluding steroid dienone is 10. The first kappa shape index (κ1) is 66.1. The molecule has 0 aliphatic carbocycles. The maximum atomic E-state index is 12.9. The van der Waals surface area contributed by atoms with Gasteiger partial charge in [-0.3, -0.25) is 14.4 Å². The van der Waals surface area contributed by atoms with Crippen molar-refractivity contribution in [3.05, 3.63) is 60.8 Å². The third-order valence-corrected chi connectivity index (χ3v) is 13.0. The Morgan fingerprint density at radius 2 is 0.565 bits per heavy atom. The lowest BCUT2D eigenvalue weighted by Gasteiger charge is -2.18. The summed E-state index contributed by atoms with van der Waals surface area (Å²) in [6.45, 7) is 6.53. The minimum absolute atomic E-state index is 0.0799. The molecule has 0 fully saturated rings. The molecule has 6 heteroatoms. The summed E-state index contributed by atoms with van der Waals surface area (Å²) in [4.78, 5) is 38.2. The fraction of sp³-hybridized carbons (Fsp3) is 0.794. The number of carbonyl (C=O) groups excluding carboxylic acids is 3. The van der Waals surface area contributed by atoms with E-state index in [4.69, 9.17) is 14.2 Å². The highest BCUT2D eigenvalue weighted by Crippen LogP contribution is 2.16. The molecular formula is C63H112O6. The number of hydrogen-bond donors (Lipinski definition) is 0. The van der Waals surface area contributed by atoms with Crippen LogP contribution >= 0.6 is 0 Å². The zero-order chi connectivity index (χ0) is 50.0. The minimum atomic E-state index is -0.784. The summed E-state index contributed by atoms with van der Waals surface area (Å²) < 4.78 is 16.9. The molecule has 0 radical (unpaired) electrons. The highest BCUT2D eigenvalue weighted by molar-refractivity contribution is 5.71. The van der Waals surface area contributed by atoms with Gasteiger partial charge in [-0.05, 0) is 83.5 Å². The van der Waals surface area contributed by atoms with Gasteiger partial charge in [-0.15, -0.1) is 0 Å². The lowest BCUT2D eigenvalue weighted by Crippen LogP contribution is -2.30. The summed E-state index contributed by atoms with van der Waals surface area (Å²) in [5.41, 5.74) is 0. The summed E-state index contributed by atoms with van der Waals surface area (Å²) in [7, 11) is 0. The van der Waals surface area contributed by atoms with Crippen molar-refractivity contribution in [2.24, 2.45) is 0 Å². The smallest absolute Gasteiger partial charge is 0.306 e. The topological polar surface area (TPSA) is 78.9 Å². The van der Waals surface area contributed by atoms with Crippen LogP contribution in [0, 0.1) is 0 Å². The van der Waals surface area contributed by atoms with E-state index in [9.17, 15) is 14.4 Å². The van der Waals surface area contributed by atoms with Gasteiger partial charge in [0.25, 0.3) is 0 Å². The summed E-state index contributed by atoms with van der Waals surface area (Å²) in [5.74, 6) is -0.887. The Morgan fingerprint density at radius 1 is 0.304 bits per heavy atom. The molecule has 0 rings (SSSR count). The van der Waals surface area contributed by atoms with Crippen LogP contribution in [0.3, 0.4) is 0 Å². The second-order valence-electron chi connectivity index (χ2n) is 19.9. The van der Waals surface area contributed by atoms with Gasteiger partial charge in [-0.2, -0.15) is 0 Å². The molecule has 1 atom stereocenters. The molecule has 0 bridgehead atoms. The van der Waals surface area contributed by atoms with Crippen molar-refractivity contribution in [2.75, 3.05) is 13.2 Å². The maximum absolute atomic E-state index is 12.9. The van der Waals surface area contributed by atoms with Crippen LogP contribution in [0.25, 0.3) is 0 Å². The van der Waals surface area contributed by atoms with Crippen LogP contribution in [0.4, 0.5) is 0 Å². The zero-order valence-electron chi connectivity index (χ0n) is 45.8. The molecule has 1 unspecified atom stereocenters. The number of ether oxygens (including phenoxy) is 3. The van der Waals surface area contributed by atoms with E-state index in [-0.39, 0.29) is 31.1 Å². The third-order valence-electron chi connectivity index (χ3n) is 13.0. The van der Waals surface area contributed by atoms with Crippen molar-refractivity contribution in [3.8, 4) is 0 Å². The van der Waals surface area contributed by atoms with Gasteiger partial charge < -0.3 is 14.2 Å². The van der Waals surface area contributed by atoms with Crippen LogP contribution in [0.5, 0.6) is 0 Å². The summed E-state index contributed by atoms with van der Waals surface area (Å²) >= 11 is 0. The molecule has 0 aromatic rings. The fourth-order valence-corrected chi connectivity index (χ4v) is 8.55. The number of hydrogen-bond acceptors (Lipinski definition) is 6. The quantitative estimate of drug-likeness (QED) is 0.0262. The van der Waals surface area contributed by atoms with E-state index in [1.807, 2.05) is 0 Å². The number of carbonyl (C=O) groups is 3. The van der Waals surface area contributed by atoms with Crippen LogP contribution in [0.2, 0.25) is 0 Å². The van der Waals surface area contributed by atoms with Crippen molar-refractivity contribution in [1.82, 2.24) is 0 Å². The molecule has 0 aliphatic heterocycles. The Labute approximate surface area is 428 Å². The van der Waals surface area contributed by atoms with Crippen LogP contribution in [0.15, 0.2) is 60.8 Å². The molecule has 0 aliphatic rings. The van der Waals surface area contributed by atoms with Gasteiger partial charge in [0.15, 0.2) is 6.10 Å². The molecule has 0 saturated carbocycles. The molecule has 0 saturated heterocycles. The summed E-state index contributed by atoms with van der Waals surface area (Å²) in [5, 5.41) is 0. The average Bonchev–Trinajstić information content (AvgIpc) is 3.35. The average molecular weight is 966 g/mol. The van der Waals surface area contributed by atoms with Crippen LogP contribution in [-0.4, -0.2) is 37.2 Å². The monoisotopic (exact) mass is 965 g/mol. The van der Waals surface area contributed by atoms with Crippen molar-refractivity contribution >= 4 is 17.9 Å². The van der Waals surface area contributed by atoms with E-state index in [0.717, 1.165) is 103 Å². The van der Waals surface area contributed by atoms with Crippen molar-refractivity contribution in [2.45, 2.75) is 309 Å². The van der Waals surface area contributed by atoms with Gasteiger partial charge in [-0.25, -0.2) is 0 Å². The Hall–Kier alpha value is -2.89. The van der Waals surface area contributed by atoms with Crippen molar-refractivity contribution in [1.29, 1.82) is 0 Å². The predicted octanol–water partition coefficient (Wildman–Crippen LogP) is 20.0. The van der Waals surface area contributed by atoms with E-state index in [1.54, 1.807) is 0 Å². The highest BCUT2D eigenvalue weighted by atomic mass is 16.6. The lowest BCUT2D eigenvalue weighted by atomic mass is 10.0. The van der Waals surface area contributed by atoms with Gasteiger partial charge in [-0.1, -0.05) is 261 Å². The molecule has 6 nitrogen and oxygen atoms in total. The number of rotatable bonds is 54. The van der Waals surface area contributed by atoms with E-state index in [1.165, 1.54) is 161 Å². The van der Waals surface area contributed by atoms with Gasteiger partial charge >= 0.3 is 17.9 Å². The molecule has 69 heavy (non-hydrogen) atoms. The first-order valence-electron chi connectivity index (χ1n) is 29.8. The van der Waals surface area contributed by atoms with Crippen LogP contribution < -0.4 is 0 Å². The van der Waals surface area contributed by atoms with E-state index in [2.05, 4.69) is 81.5 Å². The van der Waals surface area contributed by atoms with Crippen LogP contribution in [0.1, 0.15) is 303 Å². The van der Waals surface area contributed by atoms with Crippen molar-refractivity contribution in [3.63, 3.8) is 0 Å². The third kappa shape index (κ3) is 55.9. The normalized spacial score (nSPS) is 12.4. The Balaban J connectivity index is 4.35. The second-order valence-corrected chi connectivity index (χ2v) is 19.9. The Bertz CT molecular complexity index is 1250. The Morgan fingerprint density at radius 3 is 0.884 bits per heavy atom. The van der Waals surface area contributed by atoms with Crippen molar-refractivity contribution < 1.29 is 28.6 Å². The first-order valence-corrected chi connectivity index (χ1v) is 29.8. The van der Waals surface area contributed by atoms with Crippen LogP contribution in [-0.2, 0) is 28.6 Å². The zero-order valence-corrected chi connectivity index (χ0v) is 45.8. The minimum Gasteiger partial charge on any atom is -0.462 e. The number of esters is 3. The van der Waals surface area contributed by atoms with Gasteiger partial charge in [0.2, 0.25) is 0 Å². The summed E-state index contributed by atoms with van der Waals surface area (Å²) in [6.07, 6.45) is 72.1. The standard InChI is InChI=1S/C63H112O6/c1-4-7-10-13-16-19-22-25-28-29-30-31-32-33-36-38-41-44-47-50-53-56-62(65)68-59-60(69-63(66)57-54-51-48-45-42-39-35-27-24-21-18-15-12-9-6-3)58-67-61(64)55-52-49-46-43-40-37-34-26-23-20-17-14-11-8-5-2/h9,12,18,21-22,25,27,29-30,35,60H,4-8,10-11,13-17,19-20,23-24,26,28,31-34,36-59H2,1-3H3/b12-9-,21-18-,25-22-,30-29-,35-27-. The molecule has 0 N–H and O–H groups in total. The lowest BCUT2D eigenvalue weighted by molar-refractivity contribution is -0.167. The first-order chi connectivity index (χ1) is 34.0. The molecule has 400 valence electrons. The highest BCUT2D eigenvalue weighted by Gasteiger charge is 2.19. The summed E-state index contributed by atoms with van der Waals surface area (Å²) in [6, 6.07) is 0. The largest absolute Gasteiger partial charge is 0.462 e.